The van der Waals surface area contributed by atoms with Crippen molar-refractivity contribution in [2.45, 2.75) is 45.0 Å². The van der Waals surface area contributed by atoms with E-state index < -0.39 is 12.3 Å². The fourth-order valence-corrected chi connectivity index (χ4v) is 3.73. The molecule has 0 radical (unpaired) electrons. The highest BCUT2D eigenvalue weighted by atomic mass is 19.3. The van der Waals surface area contributed by atoms with E-state index in [1.165, 1.54) is 5.56 Å². The highest BCUT2D eigenvalue weighted by molar-refractivity contribution is 5.67. The predicted molar refractivity (Wildman–Crippen MR) is 98.5 cm³/mol. The second kappa shape index (κ2) is 8.31. The van der Waals surface area contributed by atoms with Gasteiger partial charge in [-0.2, -0.15) is 5.26 Å². The van der Waals surface area contributed by atoms with E-state index in [1.54, 1.807) is 0 Å². The van der Waals surface area contributed by atoms with Crippen LogP contribution in [0.4, 0.5) is 8.78 Å². The zero-order valence-corrected chi connectivity index (χ0v) is 14.9. The summed E-state index contributed by atoms with van der Waals surface area (Å²) in [4.78, 5) is 0. The summed E-state index contributed by atoms with van der Waals surface area (Å²) in [5, 5.41) is 9.31. The van der Waals surface area contributed by atoms with Gasteiger partial charge in [-0.05, 0) is 67.3 Å². The maximum absolute atomic E-state index is 12.8. The summed E-state index contributed by atoms with van der Waals surface area (Å²) in [6.07, 6.45) is 0.682. The van der Waals surface area contributed by atoms with E-state index in [9.17, 15) is 14.0 Å². The average Bonchev–Trinajstić information content (AvgIpc) is 2.69. The fraction of sp³-hybridized carbons (Fsp3) is 0.409. The molecule has 0 spiro atoms. The molecule has 0 unspecified atom stereocenters. The van der Waals surface area contributed by atoms with Crippen molar-refractivity contribution >= 4 is 0 Å². The zero-order valence-electron chi connectivity index (χ0n) is 14.9. The molecular weight excluding hydrogens is 332 g/mol. The highest BCUT2D eigenvalue weighted by Gasteiger charge is 2.27. The van der Waals surface area contributed by atoms with Crippen molar-refractivity contribution in [3.8, 4) is 22.9 Å². The summed E-state index contributed by atoms with van der Waals surface area (Å²) >= 11 is 0. The van der Waals surface area contributed by atoms with Gasteiger partial charge in [-0.3, -0.25) is 0 Å². The number of hydrogen-bond acceptors (Lipinski definition) is 2. The van der Waals surface area contributed by atoms with Gasteiger partial charge >= 0.3 is 0 Å². The Morgan fingerprint density at radius 3 is 2.27 bits per heavy atom. The van der Waals surface area contributed by atoms with Gasteiger partial charge in [0.05, 0.1) is 12.2 Å². The zero-order chi connectivity index (χ0) is 18.5. The van der Waals surface area contributed by atoms with E-state index in [4.69, 9.17) is 4.74 Å². The molecule has 1 aliphatic rings. The Hall–Kier alpha value is -2.41. The van der Waals surface area contributed by atoms with Gasteiger partial charge in [-0.1, -0.05) is 30.3 Å². The molecule has 2 aromatic rings. The Morgan fingerprint density at radius 1 is 1.04 bits per heavy atom. The highest BCUT2D eigenvalue weighted by Crippen LogP contribution is 2.38. The summed E-state index contributed by atoms with van der Waals surface area (Å²) in [6, 6.07) is 16.1. The molecule has 0 aliphatic heterocycles. The lowest BCUT2D eigenvalue weighted by Crippen LogP contribution is -2.19. The van der Waals surface area contributed by atoms with Crippen molar-refractivity contribution in [3.05, 3.63) is 53.6 Å². The first-order chi connectivity index (χ1) is 12.6. The number of nitrogens with zero attached hydrogens (tertiary/aromatic N) is 1. The molecule has 136 valence electrons. The molecule has 3 rings (SSSR count). The van der Waals surface area contributed by atoms with Crippen LogP contribution in [0, 0.1) is 17.2 Å². The molecule has 0 atom stereocenters. The van der Waals surface area contributed by atoms with Crippen LogP contribution in [0.15, 0.2) is 42.5 Å². The third kappa shape index (κ3) is 4.04. The molecule has 2 aromatic carbocycles. The number of benzene rings is 2. The van der Waals surface area contributed by atoms with E-state index in [2.05, 4.69) is 18.2 Å². The lowest BCUT2D eigenvalue weighted by molar-refractivity contribution is 0.0528. The third-order valence-electron chi connectivity index (χ3n) is 5.24. The lowest BCUT2D eigenvalue weighted by atomic mass is 9.78. The van der Waals surface area contributed by atoms with Gasteiger partial charge in [-0.25, -0.2) is 8.78 Å². The molecule has 0 bridgehead atoms. The van der Waals surface area contributed by atoms with Crippen LogP contribution in [-0.2, 0) is 0 Å². The van der Waals surface area contributed by atoms with E-state index in [0.29, 0.717) is 36.7 Å². The SMILES string of the molecule is CCOc1ccc(-c2ccc([C@H]3CC[C@H](C(F)F)CC3)cc2)cc1C#N. The van der Waals surface area contributed by atoms with Crippen molar-refractivity contribution in [2.75, 3.05) is 6.61 Å². The summed E-state index contributed by atoms with van der Waals surface area (Å²) in [5.74, 6) is 0.541. The van der Waals surface area contributed by atoms with Gasteiger partial charge in [0.15, 0.2) is 0 Å². The lowest BCUT2D eigenvalue weighted by Gasteiger charge is -2.28. The minimum atomic E-state index is -2.19. The van der Waals surface area contributed by atoms with Gasteiger partial charge < -0.3 is 4.74 Å². The van der Waals surface area contributed by atoms with Gasteiger partial charge in [-0.15, -0.1) is 0 Å². The van der Waals surface area contributed by atoms with Crippen LogP contribution in [0.2, 0.25) is 0 Å². The maximum Gasteiger partial charge on any atom is 0.241 e. The van der Waals surface area contributed by atoms with Crippen LogP contribution in [0.3, 0.4) is 0 Å². The normalized spacial score (nSPS) is 20.0. The molecule has 0 amide bonds. The number of rotatable bonds is 5. The fourth-order valence-electron chi connectivity index (χ4n) is 3.73. The Bertz CT molecular complexity index is 772. The summed E-state index contributed by atoms with van der Waals surface area (Å²) in [6.45, 7) is 2.42. The Kier molecular flexibility index (Phi) is 5.88. The quantitative estimate of drug-likeness (QED) is 0.643. The number of halogens is 2. The van der Waals surface area contributed by atoms with Crippen molar-refractivity contribution in [1.82, 2.24) is 0 Å². The topological polar surface area (TPSA) is 33.0 Å². The van der Waals surface area contributed by atoms with Crippen molar-refractivity contribution < 1.29 is 13.5 Å². The van der Waals surface area contributed by atoms with Crippen molar-refractivity contribution in [3.63, 3.8) is 0 Å². The van der Waals surface area contributed by atoms with Crippen molar-refractivity contribution in [2.24, 2.45) is 5.92 Å². The number of ether oxygens (including phenoxy) is 1. The van der Waals surface area contributed by atoms with E-state index in [1.807, 2.05) is 37.3 Å². The van der Waals surface area contributed by atoms with Gasteiger partial charge in [0.25, 0.3) is 0 Å². The molecule has 26 heavy (non-hydrogen) atoms. The molecule has 0 heterocycles. The minimum Gasteiger partial charge on any atom is -0.492 e. The van der Waals surface area contributed by atoms with E-state index in [0.717, 1.165) is 24.0 Å². The molecule has 0 N–H and O–H groups in total. The molecule has 4 heteroatoms. The van der Waals surface area contributed by atoms with Gasteiger partial charge in [0.2, 0.25) is 6.43 Å². The second-order valence-electron chi connectivity index (χ2n) is 6.82. The van der Waals surface area contributed by atoms with E-state index in [-0.39, 0.29) is 0 Å². The Labute approximate surface area is 153 Å². The average molecular weight is 355 g/mol. The molecular formula is C22H23F2NO. The summed E-state index contributed by atoms with van der Waals surface area (Å²) in [7, 11) is 0. The standard InChI is InChI=1S/C22H23F2NO/c1-2-26-21-12-11-19(13-20(21)14-25)17-5-3-15(4-6-17)16-7-9-18(10-8-16)22(23)24/h3-6,11-13,16,18,22H,2,7-10H2,1H3/t16-,18-. The van der Waals surface area contributed by atoms with Gasteiger partial charge in [0, 0.05) is 5.92 Å². The molecule has 1 aliphatic carbocycles. The number of alkyl halides is 2. The first-order valence-electron chi connectivity index (χ1n) is 9.17. The smallest absolute Gasteiger partial charge is 0.241 e. The first-order valence-corrected chi connectivity index (χ1v) is 9.17. The molecule has 0 aromatic heterocycles. The van der Waals surface area contributed by atoms with Crippen molar-refractivity contribution in [1.29, 1.82) is 5.26 Å². The largest absolute Gasteiger partial charge is 0.492 e. The van der Waals surface area contributed by atoms with Crippen LogP contribution in [0.25, 0.3) is 11.1 Å². The Morgan fingerprint density at radius 2 is 1.69 bits per heavy atom. The van der Waals surface area contributed by atoms with Crippen LogP contribution < -0.4 is 4.74 Å². The minimum absolute atomic E-state index is 0.369. The van der Waals surface area contributed by atoms with Gasteiger partial charge in [0.1, 0.15) is 11.8 Å². The molecule has 2 nitrogen and oxygen atoms in total. The third-order valence-corrected chi connectivity index (χ3v) is 5.24. The van der Waals surface area contributed by atoms with Crippen LogP contribution >= 0.6 is 0 Å². The molecule has 0 saturated heterocycles. The maximum atomic E-state index is 12.8. The number of hydrogen-bond donors (Lipinski definition) is 0. The summed E-state index contributed by atoms with van der Waals surface area (Å²) in [5.41, 5.74) is 3.75. The first kappa shape index (κ1) is 18.4. The predicted octanol–water partition coefficient (Wildman–Crippen LogP) is 6.16. The summed E-state index contributed by atoms with van der Waals surface area (Å²) < 4.78 is 31.1. The van der Waals surface area contributed by atoms with Crippen LogP contribution in [-0.4, -0.2) is 13.0 Å². The van der Waals surface area contributed by atoms with E-state index >= 15 is 0 Å². The monoisotopic (exact) mass is 355 g/mol. The Balaban J connectivity index is 1.73. The van der Waals surface area contributed by atoms with Crippen LogP contribution in [0.1, 0.15) is 49.7 Å². The number of nitriles is 1. The molecule has 1 fully saturated rings. The molecule has 1 saturated carbocycles. The van der Waals surface area contributed by atoms with Crippen LogP contribution in [0.5, 0.6) is 5.75 Å². The second-order valence-corrected chi connectivity index (χ2v) is 6.82.